The van der Waals surface area contributed by atoms with Gasteiger partial charge in [0.25, 0.3) is 0 Å². The number of hydrogen-bond donors (Lipinski definition) is 2. The fourth-order valence-corrected chi connectivity index (χ4v) is 2.91. The zero-order chi connectivity index (χ0) is 17.1. The molecule has 3 rings (SSSR count). The SMILES string of the molecule is CN(C)CCn1cc(NC(=O)N[C@H]2CCc3cc(F)ccc32)cn1. The van der Waals surface area contributed by atoms with Crippen LogP contribution in [-0.4, -0.2) is 41.4 Å². The molecule has 1 heterocycles. The van der Waals surface area contributed by atoms with Gasteiger partial charge in [0.15, 0.2) is 0 Å². The van der Waals surface area contributed by atoms with Gasteiger partial charge in [0.05, 0.1) is 24.5 Å². The Morgan fingerprint density at radius 3 is 3.08 bits per heavy atom. The average molecular weight is 331 g/mol. The summed E-state index contributed by atoms with van der Waals surface area (Å²) in [4.78, 5) is 14.3. The number of nitrogens with zero attached hydrogens (tertiary/aromatic N) is 3. The highest BCUT2D eigenvalue weighted by Crippen LogP contribution is 2.31. The molecule has 0 radical (unpaired) electrons. The molecule has 1 aromatic carbocycles. The third kappa shape index (κ3) is 3.91. The van der Waals surface area contributed by atoms with E-state index in [9.17, 15) is 9.18 Å². The molecule has 0 saturated heterocycles. The second kappa shape index (κ2) is 7.00. The molecule has 2 amide bonds. The van der Waals surface area contributed by atoms with Crippen LogP contribution in [0.15, 0.2) is 30.6 Å². The van der Waals surface area contributed by atoms with Gasteiger partial charge in [-0.2, -0.15) is 5.10 Å². The van der Waals surface area contributed by atoms with Crippen molar-refractivity contribution in [2.24, 2.45) is 0 Å². The predicted molar refractivity (Wildman–Crippen MR) is 90.4 cm³/mol. The van der Waals surface area contributed by atoms with E-state index >= 15 is 0 Å². The first kappa shape index (κ1) is 16.4. The molecule has 128 valence electrons. The zero-order valence-electron chi connectivity index (χ0n) is 13.9. The maximum atomic E-state index is 13.2. The number of benzene rings is 1. The van der Waals surface area contributed by atoms with Gasteiger partial charge in [-0.05, 0) is 50.2 Å². The lowest BCUT2D eigenvalue weighted by Crippen LogP contribution is -2.31. The first-order valence-electron chi connectivity index (χ1n) is 8.04. The van der Waals surface area contributed by atoms with Crippen LogP contribution in [0.2, 0.25) is 0 Å². The molecule has 7 heteroatoms. The Kier molecular flexibility index (Phi) is 4.80. The molecule has 24 heavy (non-hydrogen) atoms. The van der Waals surface area contributed by atoms with Crippen LogP contribution in [0.1, 0.15) is 23.6 Å². The summed E-state index contributed by atoms with van der Waals surface area (Å²) in [6.07, 6.45) is 5.00. The number of likely N-dealkylation sites (N-methyl/N-ethyl adjacent to an activating group) is 1. The Bertz CT molecular complexity index is 728. The molecule has 0 bridgehead atoms. The Morgan fingerprint density at radius 1 is 1.46 bits per heavy atom. The minimum Gasteiger partial charge on any atom is -0.331 e. The minimum absolute atomic E-state index is 0.0793. The van der Waals surface area contributed by atoms with Crippen molar-refractivity contribution in [1.82, 2.24) is 20.0 Å². The molecule has 0 fully saturated rings. The van der Waals surface area contributed by atoms with Gasteiger partial charge >= 0.3 is 6.03 Å². The molecule has 1 aliphatic carbocycles. The van der Waals surface area contributed by atoms with Crippen molar-refractivity contribution in [1.29, 1.82) is 0 Å². The maximum Gasteiger partial charge on any atom is 0.319 e. The molecule has 1 atom stereocenters. The van der Waals surface area contributed by atoms with Gasteiger partial charge in [-0.25, -0.2) is 9.18 Å². The number of nitrogens with one attached hydrogen (secondary N) is 2. The standard InChI is InChI=1S/C17H22FN5O/c1-22(2)7-8-23-11-14(10-19-23)20-17(24)21-16-6-3-12-9-13(18)4-5-15(12)16/h4-5,9-11,16H,3,6-8H2,1-2H3,(H2,20,21,24)/t16-/m0/s1. The van der Waals surface area contributed by atoms with E-state index in [0.29, 0.717) is 5.69 Å². The third-order valence-electron chi connectivity index (χ3n) is 4.16. The Hall–Kier alpha value is -2.41. The highest BCUT2D eigenvalue weighted by molar-refractivity contribution is 5.89. The van der Waals surface area contributed by atoms with Crippen molar-refractivity contribution < 1.29 is 9.18 Å². The van der Waals surface area contributed by atoms with Crippen molar-refractivity contribution >= 4 is 11.7 Å². The van der Waals surface area contributed by atoms with E-state index in [2.05, 4.69) is 20.6 Å². The first-order valence-corrected chi connectivity index (χ1v) is 8.04. The molecule has 0 spiro atoms. The quantitative estimate of drug-likeness (QED) is 0.884. The summed E-state index contributed by atoms with van der Waals surface area (Å²) in [5.41, 5.74) is 2.62. The first-order chi connectivity index (χ1) is 11.5. The maximum absolute atomic E-state index is 13.2. The summed E-state index contributed by atoms with van der Waals surface area (Å²) >= 11 is 0. The summed E-state index contributed by atoms with van der Waals surface area (Å²) in [5, 5.41) is 9.97. The number of carbonyl (C=O) groups is 1. The van der Waals surface area contributed by atoms with Crippen LogP contribution in [0.25, 0.3) is 0 Å². The Balaban J connectivity index is 1.55. The average Bonchev–Trinajstić information content (AvgIpc) is 3.12. The van der Waals surface area contributed by atoms with Gasteiger partial charge in [0.1, 0.15) is 5.82 Å². The summed E-state index contributed by atoms with van der Waals surface area (Å²) in [5.74, 6) is -0.232. The fraction of sp³-hybridized carbons (Fsp3) is 0.412. The van der Waals surface area contributed by atoms with Gasteiger partial charge in [-0.3, -0.25) is 4.68 Å². The van der Waals surface area contributed by atoms with E-state index in [-0.39, 0.29) is 17.9 Å². The highest BCUT2D eigenvalue weighted by Gasteiger charge is 2.24. The van der Waals surface area contributed by atoms with Crippen molar-refractivity contribution in [3.05, 3.63) is 47.5 Å². The van der Waals surface area contributed by atoms with Gasteiger partial charge in [0, 0.05) is 12.7 Å². The molecule has 1 aliphatic rings. The number of fused-ring (bicyclic) bond motifs is 1. The van der Waals surface area contributed by atoms with Crippen LogP contribution in [0.3, 0.4) is 0 Å². The predicted octanol–water partition coefficient (Wildman–Crippen LogP) is 2.39. The van der Waals surface area contributed by atoms with Crippen molar-refractivity contribution in [3.8, 4) is 0 Å². The van der Waals surface area contributed by atoms with Crippen LogP contribution < -0.4 is 10.6 Å². The number of carbonyl (C=O) groups excluding carboxylic acids is 1. The lowest BCUT2D eigenvalue weighted by atomic mass is 10.1. The normalized spacial score (nSPS) is 16.2. The minimum atomic E-state index is -0.274. The number of rotatable bonds is 5. The number of halogens is 1. The van der Waals surface area contributed by atoms with Crippen LogP contribution in [-0.2, 0) is 13.0 Å². The summed E-state index contributed by atoms with van der Waals surface area (Å²) < 4.78 is 15.0. The van der Waals surface area contributed by atoms with Gasteiger partial charge < -0.3 is 15.5 Å². The molecule has 0 saturated carbocycles. The summed E-state index contributed by atoms with van der Waals surface area (Å²) in [7, 11) is 4.00. The molecule has 2 N–H and O–H groups in total. The highest BCUT2D eigenvalue weighted by atomic mass is 19.1. The molecular weight excluding hydrogens is 309 g/mol. The van der Waals surface area contributed by atoms with Crippen LogP contribution >= 0.6 is 0 Å². The van der Waals surface area contributed by atoms with Crippen molar-refractivity contribution in [2.45, 2.75) is 25.4 Å². The molecule has 1 aromatic heterocycles. The van der Waals surface area contributed by atoms with E-state index < -0.39 is 0 Å². The number of anilines is 1. The second-order valence-corrected chi connectivity index (χ2v) is 6.33. The lowest BCUT2D eigenvalue weighted by molar-refractivity contribution is 0.248. The number of hydrogen-bond acceptors (Lipinski definition) is 3. The topological polar surface area (TPSA) is 62.2 Å². The molecule has 6 nitrogen and oxygen atoms in total. The molecule has 0 unspecified atom stereocenters. The van der Waals surface area contributed by atoms with E-state index in [1.54, 1.807) is 29.2 Å². The van der Waals surface area contributed by atoms with Crippen molar-refractivity contribution in [2.75, 3.05) is 26.0 Å². The number of aromatic nitrogens is 2. The van der Waals surface area contributed by atoms with E-state index in [1.807, 2.05) is 14.1 Å². The van der Waals surface area contributed by atoms with Gasteiger partial charge in [0.2, 0.25) is 0 Å². The van der Waals surface area contributed by atoms with Crippen LogP contribution in [0.5, 0.6) is 0 Å². The van der Waals surface area contributed by atoms with Crippen molar-refractivity contribution in [3.63, 3.8) is 0 Å². The second-order valence-electron chi connectivity index (χ2n) is 6.33. The van der Waals surface area contributed by atoms with Crippen LogP contribution in [0, 0.1) is 5.82 Å². The Labute approximate surface area is 140 Å². The van der Waals surface area contributed by atoms with Gasteiger partial charge in [-0.15, -0.1) is 0 Å². The van der Waals surface area contributed by atoms with Gasteiger partial charge in [-0.1, -0.05) is 6.07 Å². The lowest BCUT2D eigenvalue weighted by Gasteiger charge is -2.14. The summed E-state index contributed by atoms with van der Waals surface area (Å²) in [6.45, 7) is 1.64. The molecular formula is C17H22FN5O. The number of urea groups is 1. The van der Waals surface area contributed by atoms with Crippen LogP contribution in [0.4, 0.5) is 14.9 Å². The number of aryl methyl sites for hydroxylation is 1. The smallest absolute Gasteiger partial charge is 0.319 e. The number of amides is 2. The van der Waals surface area contributed by atoms with E-state index in [4.69, 9.17) is 0 Å². The molecule has 2 aromatic rings. The summed E-state index contributed by atoms with van der Waals surface area (Å²) in [6, 6.07) is 4.38. The third-order valence-corrected chi connectivity index (χ3v) is 4.16. The monoisotopic (exact) mass is 331 g/mol. The van der Waals surface area contributed by atoms with E-state index in [0.717, 1.165) is 37.1 Å². The largest absolute Gasteiger partial charge is 0.331 e. The molecule has 0 aliphatic heterocycles. The zero-order valence-corrected chi connectivity index (χ0v) is 13.9. The Morgan fingerprint density at radius 2 is 2.29 bits per heavy atom. The fourth-order valence-electron chi connectivity index (χ4n) is 2.91. The van der Waals surface area contributed by atoms with E-state index in [1.165, 1.54) is 6.07 Å².